The Labute approximate surface area is 122 Å². The fourth-order valence-corrected chi connectivity index (χ4v) is 3.24. The Morgan fingerprint density at radius 3 is 2.75 bits per heavy atom. The van der Waals surface area contributed by atoms with E-state index >= 15 is 0 Å². The van der Waals surface area contributed by atoms with Crippen LogP contribution < -0.4 is 10.6 Å². The van der Waals surface area contributed by atoms with Crippen molar-refractivity contribution < 1.29 is 9.18 Å². The number of nitrogens with one attached hydrogen (secondary N) is 2. The van der Waals surface area contributed by atoms with Crippen molar-refractivity contribution in [3.8, 4) is 0 Å². The molecule has 2 aliphatic rings. The van der Waals surface area contributed by atoms with Crippen molar-refractivity contribution in [3.05, 3.63) is 29.0 Å². The lowest BCUT2D eigenvalue weighted by Crippen LogP contribution is -2.33. The molecule has 1 aromatic rings. The SMILES string of the molecule is O=C(CN1C[C@H]2CNC[C@H]2C1)Nc1ccc(F)c(Cl)c1. The third-order valence-electron chi connectivity index (χ3n) is 4.04. The Morgan fingerprint density at radius 1 is 1.40 bits per heavy atom. The van der Waals surface area contributed by atoms with Crippen LogP contribution in [0.1, 0.15) is 0 Å². The van der Waals surface area contributed by atoms with Crippen LogP contribution in [0.5, 0.6) is 0 Å². The van der Waals surface area contributed by atoms with Gasteiger partial charge in [-0.1, -0.05) is 11.6 Å². The van der Waals surface area contributed by atoms with Gasteiger partial charge in [0.15, 0.2) is 0 Å². The van der Waals surface area contributed by atoms with Crippen molar-refractivity contribution >= 4 is 23.2 Å². The monoisotopic (exact) mass is 297 g/mol. The van der Waals surface area contributed by atoms with Crippen molar-refractivity contribution in [1.29, 1.82) is 0 Å². The molecule has 20 heavy (non-hydrogen) atoms. The van der Waals surface area contributed by atoms with Crippen molar-refractivity contribution in [3.63, 3.8) is 0 Å². The maximum atomic E-state index is 13.0. The third-order valence-corrected chi connectivity index (χ3v) is 4.33. The second-order valence-corrected chi connectivity index (χ2v) is 5.96. The van der Waals surface area contributed by atoms with E-state index in [1.54, 1.807) is 0 Å². The predicted octanol–water partition coefficient (Wildman–Crippen LogP) is 1.57. The normalized spacial score (nSPS) is 25.7. The number of anilines is 1. The van der Waals surface area contributed by atoms with Gasteiger partial charge in [-0.15, -0.1) is 0 Å². The number of likely N-dealkylation sites (tertiary alicyclic amines) is 1. The van der Waals surface area contributed by atoms with Crippen molar-refractivity contribution in [2.45, 2.75) is 0 Å². The van der Waals surface area contributed by atoms with E-state index < -0.39 is 5.82 Å². The van der Waals surface area contributed by atoms with Crippen LogP contribution in [0.3, 0.4) is 0 Å². The number of nitrogens with zero attached hydrogens (tertiary/aromatic N) is 1. The summed E-state index contributed by atoms with van der Waals surface area (Å²) in [4.78, 5) is 14.2. The Hall–Kier alpha value is -1.17. The summed E-state index contributed by atoms with van der Waals surface area (Å²) in [6, 6.07) is 4.20. The fourth-order valence-electron chi connectivity index (χ4n) is 3.06. The lowest BCUT2D eigenvalue weighted by molar-refractivity contribution is -0.117. The maximum absolute atomic E-state index is 13.0. The zero-order chi connectivity index (χ0) is 14.1. The minimum atomic E-state index is -0.482. The molecule has 108 valence electrons. The smallest absolute Gasteiger partial charge is 0.238 e. The summed E-state index contributed by atoms with van der Waals surface area (Å²) in [5, 5.41) is 6.15. The van der Waals surface area contributed by atoms with E-state index in [1.165, 1.54) is 18.2 Å². The summed E-state index contributed by atoms with van der Waals surface area (Å²) in [6.07, 6.45) is 0. The molecule has 1 aromatic carbocycles. The van der Waals surface area contributed by atoms with E-state index in [1.807, 2.05) is 0 Å². The number of fused-ring (bicyclic) bond motifs is 1. The number of amides is 1. The van der Waals surface area contributed by atoms with E-state index in [2.05, 4.69) is 15.5 Å². The summed E-state index contributed by atoms with van der Waals surface area (Å²) in [5.41, 5.74) is 0.530. The van der Waals surface area contributed by atoms with E-state index in [9.17, 15) is 9.18 Å². The number of rotatable bonds is 3. The first kappa shape index (κ1) is 13.8. The van der Waals surface area contributed by atoms with Gasteiger partial charge in [0.05, 0.1) is 11.6 Å². The molecule has 2 aliphatic heterocycles. The average molecular weight is 298 g/mol. The number of carbonyl (C=O) groups excluding carboxylic acids is 1. The van der Waals surface area contributed by atoms with E-state index in [0.29, 0.717) is 24.1 Å². The molecular formula is C14H17ClFN3O. The molecule has 2 fully saturated rings. The number of carbonyl (C=O) groups is 1. The van der Waals surface area contributed by atoms with E-state index in [0.717, 1.165) is 26.2 Å². The Balaban J connectivity index is 1.53. The first-order valence-corrected chi connectivity index (χ1v) is 7.17. The highest BCUT2D eigenvalue weighted by molar-refractivity contribution is 6.31. The van der Waals surface area contributed by atoms with Gasteiger partial charge in [-0.3, -0.25) is 9.69 Å². The fraction of sp³-hybridized carbons (Fsp3) is 0.500. The van der Waals surface area contributed by atoms with Gasteiger partial charge in [0.1, 0.15) is 5.82 Å². The lowest BCUT2D eigenvalue weighted by Gasteiger charge is -2.16. The van der Waals surface area contributed by atoms with Crippen LogP contribution in [0.4, 0.5) is 10.1 Å². The van der Waals surface area contributed by atoms with Crippen LogP contribution >= 0.6 is 11.6 Å². The second kappa shape index (κ2) is 5.68. The molecular weight excluding hydrogens is 281 g/mol. The summed E-state index contributed by atoms with van der Waals surface area (Å²) < 4.78 is 13.0. The molecule has 2 saturated heterocycles. The Morgan fingerprint density at radius 2 is 2.10 bits per heavy atom. The summed E-state index contributed by atoms with van der Waals surface area (Å²) >= 11 is 5.69. The van der Waals surface area contributed by atoms with Crippen LogP contribution in [0.2, 0.25) is 5.02 Å². The summed E-state index contributed by atoms with van der Waals surface area (Å²) in [7, 11) is 0. The highest BCUT2D eigenvalue weighted by atomic mass is 35.5. The van der Waals surface area contributed by atoms with Crippen LogP contribution in [0, 0.1) is 17.7 Å². The number of halogens is 2. The van der Waals surface area contributed by atoms with Gasteiger partial charge >= 0.3 is 0 Å². The third kappa shape index (κ3) is 2.95. The van der Waals surface area contributed by atoms with Crippen LogP contribution in [0.15, 0.2) is 18.2 Å². The molecule has 0 bridgehead atoms. The molecule has 6 heteroatoms. The first-order chi connectivity index (χ1) is 9.61. The van der Waals surface area contributed by atoms with Gasteiger partial charge in [0, 0.05) is 18.8 Å². The molecule has 2 N–H and O–H groups in total. The zero-order valence-electron chi connectivity index (χ0n) is 11.0. The van der Waals surface area contributed by atoms with Gasteiger partial charge in [-0.25, -0.2) is 4.39 Å². The molecule has 1 amide bonds. The highest BCUT2D eigenvalue weighted by Crippen LogP contribution is 2.26. The largest absolute Gasteiger partial charge is 0.325 e. The van der Waals surface area contributed by atoms with Gasteiger partial charge in [-0.2, -0.15) is 0 Å². The molecule has 0 aliphatic carbocycles. The topological polar surface area (TPSA) is 44.4 Å². The lowest BCUT2D eigenvalue weighted by atomic mass is 10.0. The molecule has 0 saturated carbocycles. The van der Waals surface area contributed by atoms with Crippen LogP contribution in [-0.4, -0.2) is 43.5 Å². The molecule has 0 aromatic heterocycles. The van der Waals surface area contributed by atoms with Gasteiger partial charge < -0.3 is 10.6 Å². The molecule has 0 radical (unpaired) electrons. The Bertz CT molecular complexity index is 513. The number of hydrogen-bond donors (Lipinski definition) is 2. The molecule has 0 spiro atoms. The van der Waals surface area contributed by atoms with Gasteiger partial charge in [-0.05, 0) is 43.1 Å². The minimum absolute atomic E-state index is 0.0181. The maximum Gasteiger partial charge on any atom is 0.238 e. The molecule has 4 nitrogen and oxygen atoms in total. The second-order valence-electron chi connectivity index (χ2n) is 5.55. The average Bonchev–Trinajstić information content (AvgIpc) is 2.94. The number of hydrogen-bond acceptors (Lipinski definition) is 3. The summed E-state index contributed by atoms with van der Waals surface area (Å²) in [5.74, 6) is 0.774. The minimum Gasteiger partial charge on any atom is -0.325 e. The van der Waals surface area contributed by atoms with E-state index in [4.69, 9.17) is 11.6 Å². The zero-order valence-corrected chi connectivity index (χ0v) is 11.8. The highest BCUT2D eigenvalue weighted by Gasteiger charge is 2.36. The molecule has 2 atom stereocenters. The molecule has 3 rings (SSSR count). The number of benzene rings is 1. The van der Waals surface area contributed by atoms with Gasteiger partial charge in [0.25, 0.3) is 0 Å². The quantitative estimate of drug-likeness (QED) is 0.890. The summed E-state index contributed by atoms with van der Waals surface area (Å²) in [6.45, 7) is 4.42. The van der Waals surface area contributed by atoms with E-state index in [-0.39, 0.29) is 10.9 Å². The van der Waals surface area contributed by atoms with Crippen molar-refractivity contribution in [1.82, 2.24) is 10.2 Å². The van der Waals surface area contributed by atoms with Crippen LogP contribution in [0.25, 0.3) is 0 Å². The first-order valence-electron chi connectivity index (χ1n) is 6.80. The van der Waals surface area contributed by atoms with Crippen LogP contribution in [-0.2, 0) is 4.79 Å². The van der Waals surface area contributed by atoms with Gasteiger partial charge in [0.2, 0.25) is 5.91 Å². The predicted molar refractivity (Wildman–Crippen MR) is 76.3 cm³/mol. The van der Waals surface area contributed by atoms with Crippen molar-refractivity contribution in [2.75, 3.05) is 38.0 Å². The Kier molecular flexibility index (Phi) is 3.92. The standard InChI is InChI=1S/C14H17ClFN3O/c15-12-3-11(1-2-13(12)16)18-14(20)8-19-6-9-4-17-5-10(9)7-19/h1-3,9-10,17H,4-8H2,(H,18,20)/t9-,10+. The molecule has 2 heterocycles. The van der Waals surface area contributed by atoms with Crippen molar-refractivity contribution in [2.24, 2.45) is 11.8 Å². The molecule has 0 unspecified atom stereocenters.